The van der Waals surface area contributed by atoms with Crippen molar-refractivity contribution in [2.45, 2.75) is 32.8 Å². The number of rotatable bonds is 4. The highest BCUT2D eigenvalue weighted by molar-refractivity contribution is 5.78. The smallest absolute Gasteiger partial charge is 0.314 e. The van der Waals surface area contributed by atoms with Gasteiger partial charge in [0.2, 0.25) is 0 Å². The van der Waals surface area contributed by atoms with Crippen molar-refractivity contribution in [3.05, 3.63) is 35.9 Å². The molecule has 2 rings (SSSR count). The van der Waals surface area contributed by atoms with Crippen molar-refractivity contribution in [1.29, 1.82) is 0 Å². The fourth-order valence-corrected chi connectivity index (χ4v) is 2.73. The molecule has 1 aromatic carbocycles. The summed E-state index contributed by atoms with van der Waals surface area (Å²) in [6.45, 7) is 3.32. The Labute approximate surface area is 125 Å². The zero-order valence-electron chi connectivity index (χ0n) is 12.4. The molecule has 114 valence electrons. The van der Waals surface area contributed by atoms with Crippen LogP contribution in [0.25, 0.3) is 0 Å². The number of ether oxygens (including phenoxy) is 1. The van der Waals surface area contributed by atoms with Crippen LogP contribution in [0.3, 0.4) is 0 Å². The van der Waals surface area contributed by atoms with E-state index in [-0.39, 0.29) is 5.97 Å². The summed E-state index contributed by atoms with van der Waals surface area (Å²) in [5.74, 6) is -0.169. The summed E-state index contributed by atoms with van der Waals surface area (Å²) in [7, 11) is 0. The standard InChI is InChI=1S/C16H22N2O3/c1-2-16(8-10-18(11-9-16)15(17)20)14(19)21-12-13-6-4-3-5-7-13/h3-7H,2,8-12H2,1H3,(H2,17,20). The first-order chi connectivity index (χ1) is 10.1. The molecule has 1 aromatic rings. The number of hydrogen-bond donors (Lipinski definition) is 1. The van der Waals surface area contributed by atoms with E-state index in [0.29, 0.717) is 39.0 Å². The Hall–Kier alpha value is -2.04. The number of urea groups is 1. The second kappa shape index (κ2) is 6.61. The van der Waals surface area contributed by atoms with Crippen LogP contribution in [0.5, 0.6) is 0 Å². The molecule has 1 heterocycles. The fraction of sp³-hybridized carbons (Fsp3) is 0.500. The van der Waals surface area contributed by atoms with E-state index in [9.17, 15) is 9.59 Å². The highest BCUT2D eigenvalue weighted by atomic mass is 16.5. The molecule has 5 nitrogen and oxygen atoms in total. The Morgan fingerprint density at radius 1 is 1.24 bits per heavy atom. The first kappa shape index (κ1) is 15.4. The summed E-state index contributed by atoms with van der Waals surface area (Å²) in [6, 6.07) is 9.22. The normalized spacial score (nSPS) is 17.3. The van der Waals surface area contributed by atoms with Crippen molar-refractivity contribution in [1.82, 2.24) is 4.90 Å². The molecule has 1 fully saturated rings. The van der Waals surface area contributed by atoms with E-state index in [4.69, 9.17) is 10.5 Å². The van der Waals surface area contributed by atoms with Gasteiger partial charge in [-0.1, -0.05) is 37.3 Å². The van der Waals surface area contributed by atoms with Crippen LogP contribution in [-0.4, -0.2) is 30.0 Å². The number of likely N-dealkylation sites (tertiary alicyclic amines) is 1. The van der Waals surface area contributed by atoms with E-state index >= 15 is 0 Å². The maximum Gasteiger partial charge on any atom is 0.314 e. The van der Waals surface area contributed by atoms with Gasteiger partial charge in [-0.25, -0.2) is 4.79 Å². The number of nitrogens with zero attached hydrogens (tertiary/aromatic N) is 1. The maximum atomic E-state index is 12.4. The van der Waals surface area contributed by atoms with Crippen LogP contribution in [0.1, 0.15) is 31.7 Å². The van der Waals surface area contributed by atoms with Gasteiger partial charge in [0, 0.05) is 13.1 Å². The Morgan fingerprint density at radius 2 is 1.86 bits per heavy atom. The average molecular weight is 290 g/mol. The third kappa shape index (κ3) is 3.54. The molecular weight excluding hydrogens is 268 g/mol. The van der Waals surface area contributed by atoms with Crippen molar-refractivity contribution in [3.63, 3.8) is 0 Å². The topological polar surface area (TPSA) is 72.6 Å². The highest BCUT2D eigenvalue weighted by Crippen LogP contribution is 2.36. The third-order valence-electron chi connectivity index (χ3n) is 4.35. The van der Waals surface area contributed by atoms with Crippen LogP contribution in [0, 0.1) is 5.41 Å². The van der Waals surface area contributed by atoms with Gasteiger partial charge in [0.1, 0.15) is 6.61 Å². The number of nitrogens with two attached hydrogens (primary N) is 1. The molecule has 0 unspecified atom stereocenters. The summed E-state index contributed by atoms with van der Waals surface area (Å²) in [5, 5.41) is 0. The summed E-state index contributed by atoms with van der Waals surface area (Å²) in [4.78, 5) is 25.2. The number of carbonyl (C=O) groups excluding carboxylic acids is 2. The second-order valence-electron chi connectivity index (χ2n) is 5.52. The molecule has 0 aliphatic carbocycles. The average Bonchev–Trinajstić information content (AvgIpc) is 2.53. The molecule has 21 heavy (non-hydrogen) atoms. The van der Waals surface area contributed by atoms with Gasteiger partial charge < -0.3 is 15.4 Å². The van der Waals surface area contributed by atoms with E-state index in [1.807, 2.05) is 37.3 Å². The number of piperidine rings is 1. The maximum absolute atomic E-state index is 12.4. The first-order valence-corrected chi connectivity index (χ1v) is 7.33. The summed E-state index contributed by atoms with van der Waals surface area (Å²) >= 11 is 0. The number of primary amides is 1. The molecule has 1 aliphatic heterocycles. The molecule has 2 amide bonds. The van der Waals surface area contributed by atoms with Gasteiger partial charge in [0.25, 0.3) is 0 Å². The van der Waals surface area contributed by atoms with Crippen molar-refractivity contribution in [3.8, 4) is 0 Å². The third-order valence-corrected chi connectivity index (χ3v) is 4.35. The second-order valence-corrected chi connectivity index (χ2v) is 5.52. The van der Waals surface area contributed by atoms with Gasteiger partial charge in [-0.3, -0.25) is 4.79 Å². The number of esters is 1. The molecule has 0 bridgehead atoms. The molecule has 0 radical (unpaired) electrons. The monoisotopic (exact) mass is 290 g/mol. The van der Waals surface area contributed by atoms with Crippen LogP contribution in [0.15, 0.2) is 30.3 Å². The molecule has 0 atom stereocenters. The minimum atomic E-state index is -0.485. The molecule has 0 saturated carbocycles. The Morgan fingerprint density at radius 3 is 2.38 bits per heavy atom. The zero-order valence-corrected chi connectivity index (χ0v) is 12.4. The highest BCUT2D eigenvalue weighted by Gasteiger charge is 2.41. The summed E-state index contributed by atoms with van der Waals surface area (Å²) < 4.78 is 5.48. The number of hydrogen-bond acceptors (Lipinski definition) is 3. The zero-order chi connectivity index (χ0) is 15.3. The molecular formula is C16H22N2O3. The van der Waals surface area contributed by atoms with E-state index in [0.717, 1.165) is 5.56 Å². The van der Waals surface area contributed by atoms with E-state index in [1.165, 1.54) is 0 Å². The SMILES string of the molecule is CCC1(C(=O)OCc2ccccc2)CCN(C(N)=O)CC1. The minimum absolute atomic E-state index is 0.169. The number of amides is 2. The van der Waals surface area contributed by atoms with Crippen molar-refractivity contribution >= 4 is 12.0 Å². The summed E-state index contributed by atoms with van der Waals surface area (Å²) in [5.41, 5.74) is 5.77. The Kier molecular flexibility index (Phi) is 4.83. The van der Waals surface area contributed by atoms with Gasteiger partial charge in [-0.2, -0.15) is 0 Å². The van der Waals surface area contributed by atoms with Crippen LogP contribution >= 0.6 is 0 Å². The van der Waals surface area contributed by atoms with Crippen LogP contribution in [0.2, 0.25) is 0 Å². The predicted molar refractivity (Wildman–Crippen MR) is 79.4 cm³/mol. The van der Waals surface area contributed by atoms with Gasteiger partial charge in [-0.05, 0) is 24.8 Å². The number of carbonyl (C=O) groups is 2. The van der Waals surface area contributed by atoms with Crippen molar-refractivity contribution < 1.29 is 14.3 Å². The number of benzene rings is 1. The van der Waals surface area contributed by atoms with E-state index in [2.05, 4.69) is 0 Å². The fourth-order valence-electron chi connectivity index (χ4n) is 2.73. The first-order valence-electron chi connectivity index (χ1n) is 7.33. The lowest BCUT2D eigenvalue weighted by atomic mass is 9.76. The summed E-state index contributed by atoms with van der Waals surface area (Å²) in [6.07, 6.45) is 1.94. The van der Waals surface area contributed by atoms with Gasteiger partial charge in [0.15, 0.2) is 0 Å². The van der Waals surface area contributed by atoms with Crippen LogP contribution in [0.4, 0.5) is 4.79 Å². The lowest BCUT2D eigenvalue weighted by Gasteiger charge is -2.38. The molecule has 1 aliphatic rings. The lowest BCUT2D eigenvalue weighted by Crippen LogP contribution is -2.48. The van der Waals surface area contributed by atoms with E-state index < -0.39 is 11.4 Å². The van der Waals surface area contributed by atoms with Gasteiger partial charge >= 0.3 is 12.0 Å². The molecule has 5 heteroatoms. The molecule has 0 aromatic heterocycles. The van der Waals surface area contributed by atoms with Gasteiger partial charge in [0.05, 0.1) is 5.41 Å². The largest absolute Gasteiger partial charge is 0.460 e. The van der Waals surface area contributed by atoms with Crippen molar-refractivity contribution in [2.75, 3.05) is 13.1 Å². The van der Waals surface area contributed by atoms with Gasteiger partial charge in [-0.15, -0.1) is 0 Å². The minimum Gasteiger partial charge on any atom is -0.460 e. The van der Waals surface area contributed by atoms with E-state index in [1.54, 1.807) is 4.90 Å². The van der Waals surface area contributed by atoms with Crippen molar-refractivity contribution in [2.24, 2.45) is 11.1 Å². The Balaban J connectivity index is 1.94. The molecule has 0 spiro atoms. The van der Waals surface area contributed by atoms with Crippen LogP contribution in [-0.2, 0) is 16.1 Å². The molecule has 1 saturated heterocycles. The Bertz CT molecular complexity index is 494. The predicted octanol–water partition coefficient (Wildman–Crippen LogP) is 2.30. The quantitative estimate of drug-likeness (QED) is 0.865. The lowest BCUT2D eigenvalue weighted by molar-refractivity contribution is -0.160. The molecule has 2 N–H and O–H groups in total. The van der Waals surface area contributed by atoms with Crippen LogP contribution < -0.4 is 5.73 Å².